The van der Waals surface area contributed by atoms with Crippen molar-refractivity contribution >= 4 is 17.5 Å². The fraction of sp³-hybridized carbons (Fsp3) is 0.600. The fourth-order valence-corrected chi connectivity index (χ4v) is 5.29. The van der Waals surface area contributed by atoms with Crippen LogP contribution in [0.3, 0.4) is 0 Å². The van der Waals surface area contributed by atoms with Gasteiger partial charge in [-0.25, -0.2) is 0 Å². The lowest BCUT2D eigenvalue weighted by Gasteiger charge is -2.30. The number of likely N-dealkylation sites (tertiary alicyclic amines) is 1. The number of carbonyl (C=O) groups is 2. The minimum Gasteiger partial charge on any atom is -0.381 e. The normalized spacial score (nSPS) is 13.8. The average Bonchev–Trinajstić information content (AvgIpc) is 3.64. The number of carbonyl (C=O) groups excluding carboxylic acids is 2. The first-order valence-electron chi connectivity index (χ1n) is 18.6. The molecule has 11 heteroatoms. The number of ether oxygens (including phenoxy) is 1. The molecule has 1 saturated heterocycles. The zero-order chi connectivity index (χ0) is 37.8. The van der Waals surface area contributed by atoms with E-state index >= 15 is 0 Å². The van der Waals surface area contributed by atoms with Gasteiger partial charge in [0, 0.05) is 56.1 Å². The Balaban J connectivity index is 0.000000292. The van der Waals surface area contributed by atoms with Crippen molar-refractivity contribution in [3.05, 3.63) is 65.5 Å². The molecule has 1 unspecified atom stereocenters. The summed E-state index contributed by atoms with van der Waals surface area (Å²) >= 11 is 0. The molecule has 1 atom stereocenters. The quantitative estimate of drug-likeness (QED) is 0.154. The molecule has 0 saturated carbocycles. The summed E-state index contributed by atoms with van der Waals surface area (Å²) in [4.78, 5) is 31.7. The minimum absolute atomic E-state index is 0.136. The van der Waals surface area contributed by atoms with Gasteiger partial charge in [-0.1, -0.05) is 89.9 Å². The molecule has 0 bridgehead atoms. The number of amides is 2. The molecule has 3 aromatic rings. The van der Waals surface area contributed by atoms with Crippen molar-refractivity contribution in [1.82, 2.24) is 15.0 Å². The molecule has 1 aromatic heterocycles. The summed E-state index contributed by atoms with van der Waals surface area (Å²) in [5.41, 5.74) is 2.96. The summed E-state index contributed by atoms with van der Waals surface area (Å²) in [5.74, 6) is -0.0561. The summed E-state index contributed by atoms with van der Waals surface area (Å²) in [6.07, 6.45) is 4.56. The van der Waals surface area contributed by atoms with Gasteiger partial charge >= 0.3 is 12.1 Å². The Labute approximate surface area is 303 Å². The Morgan fingerprint density at radius 3 is 2.29 bits per heavy atom. The third-order valence-electron chi connectivity index (χ3n) is 8.81. The maximum atomic E-state index is 12.5. The molecule has 2 amide bonds. The second-order valence-corrected chi connectivity index (χ2v) is 13.3. The highest BCUT2D eigenvalue weighted by molar-refractivity contribution is 5.95. The molecule has 4 rings (SSSR count). The maximum Gasteiger partial charge on any atom is 0.471 e. The van der Waals surface area contributed by atoms with Crippen LogP contribution >= 0.6 is 0 Å². The van der Waals surface area contributed by atoms with Gasteiger partial charge in [0.15, 0.2) is 0 Å². The van der Waals surface area contributed by atoms with Crippen LogP contribution in [0.2, 0.25) is 0 Å². The van der Waals surface area contributed by atoms with Crippen molar-refractivity contribution in [3.63, 3.8) is 0 Å². The molecule has 1 aliphatic rings. The van der Waals surface area contributed by atoms with Gasteiger partial charge in [-0.15, -0.1) is 0 Å². The number of benzene rings is 2. The average molecular weight is 717 g/mol. The summed E-state index contributed by atoms with van der Waals surface area (Å²) in [6.45, 7) is 19.1. The van der Waals surface area contributed by atoms with Crippen LogP contribution in [-0.2, 0) is 15.7 Å². The van der Waals surface area contributed by atoms with Gasteiger partial charge < -0.3 is 19.1 Å². The molecule has 0 spiro atoms. The van der Waals surface area contributed by atoms with Crippen LogP contribution in [0.5, 0.6) is 0 Å². The number of nitrogens with zero attached hydrogens (tertiary/aromatic N) is 4. The van der Waals surface area contributed by atoms with Crippen molar-refractivity contribution in [2.24, 2.45) is 11.8 Å². The highest BCUT2D eigenvalue weighted by Gasteiger charge is 2.38. The fourth-order valence-electron chi connectivity index (χ4n) is 5.29. The van der Waals surface area contributed by atoms with E-state index in [9.17, 15) is 22.8 Å². The number of anilines is 1. The van der Waals surface area contributed by atoms with E-state index < -0.39 is 12.1 Å². The monoisotopic (exact) mass is 716 g/mol. The van der Waals surface area contributed by atoms with Crippen molar-refractivity contribution in [1.29, 1.82) is 0 Å². The van der Waals surface area contributed by atoms with E-state index in [1.54, 1.807) is 23.1 Å². The van der Waals surface area contributed by atoms with Gasteiger partial charge in [0.05, 0.1) is 0 Å². The van der Waals surface area contributed by atoms with E-state index in [0.29, 0.717) is 36.6 Å². The van der Waals surface area contributed by atoms with Crippen LogP contribution in [0.15, 0.2) is 53.1 Å². The van der Waals surface area contributed by atoms with Crippen molar-refractivity contribution in [2.75, 3.05) is 37.7 Å². The molecule has 8 nitrogen and oxygen atoms in total. The highest BCUT2D eigenvalue weighted by Crippen LogP contribution is 2.30. The van der Waals surface area contributed by atoms with Crippen LogP contribution in [0.25, 0.3) is 11.4 Å². The van der Waals surface area contributed by atoms with Crippen molar-refractivity contribution in [2.45, 2.75) is 112 Å². The van der Waals surface area contributed by atoms with Gasteiger partial charge in [-0.05, 0) is 81.0 Å². The predicted octanol–water partition coefficient (Wildman–Crippen LogP) is 10.4. The maximum absolute atomic E-state index is 12.5. The molecular weight excluding hydrogens is 657 g/mol. The zero-order valence-corrected chi connectivity index (χ0v) is 31.7. The summed E-state index contributed by atoms with van der Waals surface area (Å²) in [7, 11) is 0. The van der Waals surface area contributed by atoms with Crippen molar-refractivity contribution in [3.8, 4) is 11.4 Å². The number of unbranched alkanes of at least 4 members (excludes halogenated alkanes) is 1. The lowest BCUT2D eigenvalue weighted by atomic mass is 9.98. The molecule has 1 fully saturated rings. The second-order valence-electron chi connectivity index (χ2n) is 13.3. The molecule has 284 valence electrons. The third-order valence-corrected chi connectivity index (χ3v) is 8.81. The van der Waals surface area contributed by atoms with Gasteiger partial charge in [-0.2, -0.15) is 18.2 Å². The Morgan fingerprint density at radius 1 is 1.00 bits per heavy atom. The molecular formula is C40H59F3N4O4. The number of alkyl halides is 3. The third kappa shape index (κ3) is 15.2. The second kappa shape index (κ2) is 23.0. The first-order chi connectivity index (χ1) is 24.4. The Bertz CT molecular complexity index is 1440. The van der Waals surface area contributed by atoms with Crippen LogP contribution < -0.4 is 4.90 Å². The molecule has 2 aromatic carbocycles. The standard InChI is InChI=1S/C16H16F3N3O2.C15H23NO.C9H20O/c1-10-5-7-22(8-6-10)14(23)12-4-2-3-11(9-12)13-20-15(24-21-13)16(17,18)19;1-4-6-12-16(15(17)9-5-2)14-11-8-7-10-13(14)3;1-4-7-10-8-6-9(3)5-2/h2-4,9-10H,5-8H2,1H3;7-8,10-11H,4-6,9,12H2,1-3H3;9H,4-8H2,1-3H3. The summed E-state index contributed by atoms with van der Waals surface area (Å²) < 4.78 is 47.2. The number of hydrogen-bond acceptors (Lipinski definition) is 6. The van der Waals surface area contributed by atoms with E-state index in [0.717, 1.165) is 69.9 Å². The Morgan fingerprint density at radius 2 is 1.71 bits per heavy atom. The number of rotatable bonds is 14. The number of para-hydroxylation sites is 1. The van der Waals surface area contributed by atoms with Gasteiger partial charge in [0.1, 0.15) is 0 Å². The Hall–Kier alpha value is -3.73. The molecule has 0 aliphatic carbocycles. The van der Waals surface area contributed by atoms with Crippen LogP contribution in [0.4, 0.5) is 18.9 Å². The first kappa shape index (κ1) is 43.4. The van der Waals surface area contributed by atoms with Crippen molar-refractivity contribution < 1.29 is 32.0 Å². The molecule has 0 radical (unpaired) electrons. The molecule has 1 aliphatic heterocycles. The number of hydrogen-bond donors (Lipinski definition) is 0. The summed E-state index contributed by atoms with van der Waals surface area (Å²) in [6, 6.07) is 14.4. The predicted molar refractivity (Wildman–Crippen MR) is 198 cm³/mol. The SMILES string of the molecule is CC1CCN(C(=O)c2cccc(-c3noc(C(F)(F)F)n3)c2)CC1.CCCCN(C(=O)CCC)c1ccccc1C.CCCOCCC(C)CC. The molecule has 2 heterocycles. The van der Waals surface area contributed by atoms with Crippen LogP contribution in [0, 0.1) is 18.8 Å². The molecule has 51 heavy (non-hydrogen) atoms. The number of aromatic nitrogens is 2. The lowest BCUT2D eigenvalue weighted by Crippen LogP contribution is -2.37. The van der Waals surface area contributed by atoms with E-state index in [4.69, 9.17) is 4.74 Å². The molecule has 0 N–H and O–H groups in total. The topological polar surface area (TPSA) is 88.8 Å². The first-order valence-corrected chi connectivity index (χ1v) is 18.6. The minimum atomic E-state index is -4.69. The van der Waals surface area contributed by atoms with E-state index in [1.807, 2.05) is 30.0 Å². The highest BCUT2D eigenvalue weighted by atomic mass is 19.4. The number of halogens is 3. The number of aryl methyl sites for hydroxylation is 1. The van der Waals surface area contributed by atoms with Gasteiger partial charge in [0.2, 0.25) is 11.7 Å². The Kier molecular flexibility index (Phi) is 19.6. The number of piperidine rings is 1. The smallest absolute Gasteiger partial charge is 0.381 e. The zero-order valence-electron chi connectivity index (χ0n) is 31.7. The van der Waals surface area contributed by atoms with E-state index in [-0.39, 0.29) is 17.6 Å². The van der Waals surface area contributed by atoms with Crippen LogP contribution in [-0.4, -0.2) is 59.7 Å². The van der Waals surface area contributed by atoms with E-state index in [2.05, 4.69) is 62.3 Å². The summed E-state index contributed by atoms with van der Waals surface area (Å²) in [5, 5.41) is 3.34. The lowest BCUT2D eigenvalue weighted by molar-refractivity contribution is -0.159. The van der Waals surface area contributed by atoms with Gasteiger partial charge in [-0.3, -0.25) is 9.59 Å². The van der Waals surface area contributed by atoms with Gasteiger partial charge in [0.25, 0.3) is 5.91 Å². The van der Waals surface area contributed by atoms with Crippen LogP contribution in [0.1, 0.15) is 121 Å². The van der Waals surface area contributed by atoms with E-state index in [1.165, 1.54) is 24.5 Å². The largest absolute Gasteiger partial charge is 0.471 e.